The molecule has 0 aromatic heterocycles. The van der Waals surface area contributed by atoms with Crippen molar-refractivity contribution in [2.45, 2.75) is 115 Å². The van der Waals surface area contributed by atoms with Gasteiger partial charge in [0.1, 0.15) is 0 Å². The molecule has 0 aliphatic carbocycles. The van der Waals surface area contributed by atoms with Crippen LogP contribution in [0.4, 0.5) is 0 Å². The molecule has 0 unspecified atom stereocenters. The van der Waals surface area contributed by atoms with E-state index in [2.05, 4.69) is 13.8 Å². The third-order valence-electron chi connectivity index (χ3n) is 5.46. The van der Waals surface area contributed by atoms with E-state index >= 15 is 0 Å². The van der Waals surface area contributed by atoms with E-state index in [-0.39, 0.29) is 4.90 Å². The summed E-state index contributed by atoms with van der Waals surface area (Å²) >= 11 is 0. The summed E-state index contributed by atoms with van der Waals surface area (Å²) in [5.41, 5.74) is 1.21. The zero-order chi connectivity index (χ0) is 20.0. The maximum Gasteiger partial charge on any atom is 0.294 e. The molecule has 0 aliphatic rings. The van der Waals surface area contributed by atoms with Gasteiger partial charge in [-0.2, -0.15) is 8.42 Å². The van der Waals surface area contributed by atoms with Gasteiger partial charge in [0, 0.05) is 0 Å². The summed E-state index contributed by atoms with van der Waals surface area (Å²) in [6, 6.07) is 6.87. The van der Waals surface area contributed by atoms with Crippen LogP contribution in [-0.4, -0.2) is 13.0 Å². The minimum atomic E-state index is -4.10. The Morgan fingerprint density at radius 1 is 0.704 bits per heavy atom. The Morgan fingerprint density at radius 2 is 1.11 bits per heavy atom. The molecule has 0 amide bonds. The first kappa shape index (κ1) is 24.2. The summed E-state index contributed by atoms with van der Waals surface area (Å²) < 4.78 is 31.7. The molecule has 0 spiro atoms. The summed E-state index contributed by atoms with van der Waals surface area (Å²) in [5.74, 6) is 0.498. The molecule has 4 heteroatoms. The molecule has 1 aromatic carbocycles. The molecular weight excluding hydrogens is 356 g/mol. The van der Waals surface area contributed by atoms with Crippen LogP contribution in [0.2, 0.25) is 0 Å². The average molecular weight is 397 g/mol. The van der Waals surface area contributed by atoms with Gasteiger partial charge in [-0.3, -0.25) is 4.55 Å². The van der Waals surface area contributed by atoms with E-state index < -0.39 is 10.1 Å². The van der Waals surface area contributed by atoms with Crippen molar-refractivity contribution in [1.82, 2.24) is 0 Å². The van der Waals surface area contributed by atoms with E-state index in [0.29, 0.717) is 5.92 Å². The molecule has 1 N–H and O–H groups in total. The Bertz CT molecular complexity index is 562. The van der Waals surface area contributed by atoms with Crippen molar-refractivity contribution < 1.29 is 13.0 Å². The summed E-state index contributed by atoms with van der Waals surface area (Å²) in [7, 11) is -4.10. The van der Waals surface area contributed by atoms with Crippen molar-refractivity contribution in [2.24, 2.45) is 0 Å². The lowest BCUT2D eigenvalue weighted by Gasteiger charge is -2.18. The molecular formula is C23H40O3S. The lowest BCUT2D eigenvalue weighted by Crippen LogP contribution is -2.02. The van der Waals surface area contributed by atoms with E-state index in [9.17, 15) is 13.0 Å². The Labute approximate surface area is 167 Å². The third-order valence-corrected chi connectivity index (χ3v) is 6.33. The van der Waals surface area contributed by atoms with Gasteiger partial charge in [-0.25, -0.2) is 0 Å². The minimum Gasteiger partial charge on any atom is -0.282 e. The zero-order valence-electron chi connectivity index (χ0n) is 17.5. The van der Waals surface area contributed by atoms with E-state index in [1.165, 1.54) is 95.5 Å². The average Bonchev–Trinajstić information content (AvgIpc) is 2.65. The van der Waals surface area contributed by atoms with Crippen molar-refractivity contribution in [3.8, 4) is 0 Å². The highest BCUT2D eigenvalue weighted by atomic mass is 32.2. The molecule has 0 bridgehead atoms. The number of benzene rings is 1. The fourth-order valence-electron chi connectivity index (χ4n) is 3.73. The molecule has 0 heterocycles. The predicted molar refractivity (Wildman–Crippen MR) is 115 cm³/mol. The van der Waals surface area contributed by atoms with Crippen LogP contribution in [-0.2, 0) is 10.1 Å². The molecule has 0 radical (unpaired) electrons. The molecule has 27 heavy (non-hydrogen) atoms. The molecule has 156 valence electrons. The van der Waals surface area contributed by atoms with E-state index in [0.717, 1.165) is 0 Å². The predicted octanol–water partition coefficient (Wildman–Crippen LogP) is 7.52. The molecule has 1 rings (SSSR count). The van der Waals surface area contributed by atoms with Gasteiger partial charge >= 0.3 is 0 Å². The Kier molecular flexibility index (Phi) is 12.7. The van der Waals surface area contributed by atoms with Crippen molar-refractivity contribution in [2.75, 3.05) is 0 Å². The van der Waals surface area contributed by atoms with Crippen LogP contribution in [0.5, 0.6) is 0 Å². The summed E-state index contributed by atoms with van der Waals surface area (Å²) in [4.78, 5) is -0.0101. The summed E-state index contributed by atoms with van der Waals surface area (Å²) in [5, 5.41) is 0. The van der Waals surface area contributed by atoms with Gasteiger partial charge in [0.2, 0.25) is 0 Å². The highest BCUT2D eigenvalue weighted by Crippen LogP contribution is 2.29. The van der Waals surface area contributed by atoms with Crippen molar-refractivity contribution >= 4 is 10.1 Å². The fourth-order valence-corrected chi connectivity index (χ4v) is 4.21. The molecule has 0 fully saturated rings. The lowest BCUT2D eigenvalue weighted by atomic mass is 9.88. The number of hydrogen-bond acceptors (Lipinski definition) is 2. The topological polar surface area (TPSA) is 54.4 Å². The minimum absolute atomic E-state index is 0.0101. The Hall–Kier alpha value is -0.870. The molecule has 0 aliphatic heterocycles. The van der Waals surface area contributed by atoms with Gasteiger partial charge in [0.15, 0.2) is 0 Å². The highest BCUT2D eigenvalue weighted by Gasteiger charge is 2.14. The molecule has 0 saturated carbocycles. The van der Waals surface area contributed by atoms with E-state index in [1.54, 1.807) is 12.1 Å². The smallest absolute Gasteiger partial charge is 0.282 e. The largest absolute Gasteiger partial charge is 0.294 e. The van der Waals surface area contributed by atoms with Crippen LogP contribution in [0.3, 0.4) is 0 Å². The van der Waals surface area contributed by atoms with Crippen LogP contribution in [0.15, 0.2) is 29.2 Å². The quantitative estimate of drug-likeness (QED) is 0.232. The maximum atomic E-state index is 11.3. The van der Waals surface area contributed by atoms with Crippen LogP contribution in [0.1, 0.15) is 115 Å². The van der Waals surface area contributed by atoms with Crippen molar-refractivity contribution in [3.05, 3.63) is 29.8 Å². The van der Waals surface area contributed by atoms with Crippen LogP contribution in [0, 0.1) is 0 Å². The summed E-state index contributed by atoms with van der Waals surface area (Å²) in [6.07, 6.45) is 17.9. The highest BCUT2D eigenvalue weighted by molar-refractivity contribution is 7.85. The van der Waals surface area contributed by atoms with Crippen molar-refractivity contribution in [1.29, 1.82) is 0 Å². The molecule has 0 atom stereocenters. The van der Waals surface area contributed by atoms with Gasteiger partial charge in [-0.15, -0.1) is 0 Å². The SMILES string of the molecule is CCCCCCCCC(CCCCCCCC)c1ccc(S(=O)(=O)O)cc1. The summed E-state index contributed by atoms with van der Waals surface area (Å²) in [6.45, 7) is 4.49. The first-order valence-corrected chi connectivity index (χ1v) is 12.5. The second-order valence-electron chi connectivity index (χ2n) is 7.85. The van der Waals surface area contributed by atoms with E-state index in [1.807, 2.05) is 12.1 Å². The second kappa shape index (κ2) is 14.2. The third kappa shape index (κ3) is 10.9. The molecule has 1 aromatic rings. The Morgan fingerprint density at radius 3 is 1.52 bits per heavy atom. The van der Waals surface area contributed by atoms with Gasteiger partial charge < -0.3 is 0 Å². The first-order valence-electron chi connectivity index (χ1n) is 11.1. The number of rotatable bonds is 16. The van der Waals surface area contributed by atoms with Gasteiger partial charge in [-0.05, 0) is 36.5 Å². The van der Waals surface area contributed by atoms with Crippen LogP contribution in [0.25, 0.3) is 0 Å². The monoisotopic (exact) mass is 396 g/mol. The zero-order valence-corrected chi connectivity index (χ0v) is 18.3. The van der Waals surface area contributed by atoms with Gasteiger partial charge in [0.25, 0.3) is 10.1 Å². The Balaban J connectivity index is 2.55. The van der Waals surface area contributed by atoms with Gasteiger partial charge in [0.05, 0.1) is 4.90 Å². The maximum absolute atomic E-state index is 11.3. The lowest BCUT2D eigenvalue weighted by molar-refractivity contribution is 0.481. The van der Waals surface area contributed by atoms with Crippen LogP contribution >= 0.6 is 0 Å². The fraction of sp³-hybridized carbons (Fsp3) is 0.739. The second-order valence-corrected chi connectivity index (χ2v) is 9.28. The van der Waals surface area contributed by atoms with Crippen LogP contribution < -0.4 is 0 Å². The standard InChI is InChI=1S/C23H40O3S/c1-3-5-7-9-11-13-15-21(16-14-12-10-8-6-4-2)22-17-19-23(20-18-22)27(24,25)26/h17-21H,3-16H2,1-2H3,(H,24,25,26). The molecule has 3 nitrogen and oxygen atoms in total. The number of unbranched alkanes of at least 4 members (excludes halogenated alkanes) is 10. The van der Waals surface area contributed by atoms with Crippen molar-refractivity contribution in [3.63, 3.8) is 0 Å². The van der Waals surface area contributed by atoms with E-state index in [4.69, 9.17) is 0 Å². The normalized spacial score (nSPS) is 12.0. The molecule has 0 saturated heterocycles. The van der Waals surface area contributed by atoms with Gasteiger partial charge in [-0.1, -0.05) is 103 Å². The first-order chi connectivity index (χ1) is 13.0. The number of hydrogen-bond donors (Lipinski definition) is 1.